The molecule has 1 atom stereocenters. The normalized spacial score (nSPS) is 17.7. The number of fused-ring (bicyclic) bond motifs is 1. The van der Waals surface area contributed by atoms with Crippen LogP contribution in [-0.2, 0) is 4.74 Å². The van der Waals surface area contributed by atoms with Crippen LogP contribution in [0.3, 0.4) is 0 Å². The molecule has 1 heterocycles. The number of aryl methyl sites for hydroxylation is 1. The van der Waals surface area contributed by atoms with Crippen molar-refractivity contribution < 1.29 is 9.53 Å². The maximum absolute atomic E-state index is 12.0. The Kier molecular flexibility index (Phi) is 3.36. The highest BCUT2D eigenvalue weighted by molar-refractivity contribution is 6.31. The quantitative estimate of drug-likeness (QED) is 0.807. The van der Waals surface area contributed by atoms with Crippen LogP contribution in [0.4, 0.5) is 5.69 Å². The molecule has 1 unspecified atom stereocenters. The van der Waals surface area contributed by atoms with Crippen molar-refractivity contribution >= 4 is 23.3 Å². The van der Waals surface area contributed by atoms with Crippen molar-refractivity contribution in [2.75, 3.05) is 11.9 Å². The molecule has 0 aromatic heterocycles. The van der Waals surface area contributed by atoms with Crippen LogP contribution in [0.2, 0.25) is 5.02 Å². The van der Waals surface area contributed by atoms with Gasteiger partial charge in [-0.05, 0) is 30.7 Å². The molecule has 3 rings (SSSR count). The van der Waals surface area contributed by atoms with Gasteiger partial charge in [-0.1, -0.05) is 41.4 Å². The van der Waals surface area contributed by atoms with Gasteiger partial charge >= 0.3 is 5.97 Å². The molecular formula is C16H14ClNO2. The van der Waals surface area contributed by atoms with Crippen molar-refractivity contribution in [3.8, 4) is 0 Å². The molecule has 0 amide bonds. The van der Waals surface area contributed by atoms with Crippen molar-refractivity contribution in [1.82, 2.24) is 0 Å². The third-order valence-electron chi connectivity index (χ3n) is 3.39. The number of hydrogen-bond acceptors (Lipinski definition) is 3. The van der Waals surface area contributed by atoms with E-state index in [9.17, 15) is 4.79 Å². The third kappa shape index (κ3) is 2.49. The summed E-state index contributed by atoms with van der Waals surface area (Å²) in [6.07, 6.45) is 0. The van der Waals surface area contributed by atoms with Gasteiger partial charge in [0.2, 0.25) is 0 Å². The second kappa shape index (κ2) is 5.17. The van der Waals surface area contributed by atoms with E-state index < -0.39 is 0 Å². The molecule has 1 N–H and O–H groups in total. The predicted octanol–water partition coefficient (Wildman–Crippen LogP) is 3.97. The van der Waals surface area contributed by atoms with Gasteiger partial charge in [0.05, 0.1) is 11.6 Å². The lowest BCUT2D eigenvalue weighted by atomic mass is 10.1. The van der Waals surface area contributed by atoms with Gasteiger partial charge in [0, 0.05) is 10.7 Å². The molecule has 3 nitrogen and oxygen atoms in total. The summed E-state index contributed by atoms with van der Waals surface area (Å²) in [6, 6.07) is 13.3. The summed E-state index contributed by atoms with van der Waals surface area (Å²) in [5.41, 5.74) is 3.52. The number of ether oxygens (including phenoxy) is 1. The average molecular weight is 288 g/mol. The van der Waals surface area contributed by atoms with E-state index in [0.29, 0.717) is 17.2 Å². The first-order valence-corrected chi connectivity index (χ1v) is 6.81. The van der Waals surface area contributed by atoms with E-state index in [0.717, 1.165) is 11.3 Å². The molecule has 0 saturated carbocycles. The zero-order valence-electron chi connectivity index (χ0n) is 11.0. The first-order chi connectivity index (χ1) is 9.63. The molecular weight excluding hydrogens is 274 g/mol. The summed E-state index contributed by atoms with van der Waals surface area (Å²) in [4.78, 5) is 12.0. The molecule has 0 radical (unpaired) electrons. The van der Waals surface area contributed by atoms with Crippen LogP contribution in [0.15, 0.2) is 42.5 Å². The topological polar surface area (TPSA) is 38.3 Å². The van der Waals surface area contributed by atoms with Crippen molar-refractivity contribution in [2.24, 2.45) is 0 Å². The lowest BCUT2D eigenvalue weighted by Gasteiger charge is -2.17. The van der Waals surface area contributed by atoms with E-state index in [2.05, 4.69) is 5.32 Å². The van der Waals surface area contributed by atoms with Gasteiger partial charge < -0.3 is 10.1 Å². The van der Waals surface area contributed by atoms with Crippen LogP contribution in [-0.4, -0.2) is 12.6 Å². The molecule has 1 aliphatic rings. The van der Waals surface area contributed by atoms with Crippen molar-refractivity contribution in [3.63, 3.8) is 0 Å². The van der Waals surface area contributed by atoms with Gasteiger partial charge in [-0.15, -0.1) is 0 Å². The highest BCUT2D eigenvalue weighted by atomic mass is 35.5. The fourth-order valence-corrected chi connectivity index (χ4v) is 2.43. The SMILES string of the molecule is Cc1ccc(C2COC(=O)c3cc(Cl)ccc3N2)cc1. The Morgan fingerprint density at radius 2 is 1.95 bits per heavy atom. The Bertz CT molecular complexity index is 652. The highest BCUT2D eigenvalue weighted by Gasteiger charge is 2.23. The summed E-state index contributed by atoms with van der Waals surface area (Å²) in [7, 11) is 0. The average Bonchev–Trinajstić information content (AvgIpc) is 2.60. The molecule has 20 heavy (non-hydrogen) atoms. The first kappa shape index (κ1) is 13.0. The molecule has 2 aromatic carbocycles. The van der Waals surface area contributed by atoms with Crippen molar-refractivity contribution in [3.05, 3.63) is 64.2 Å². The lowest BCUT2D eigenvalue weighted by molar-refractivity contribution is 0.0500. The monoisotopic (exact) mass is 287 g/mol. The van der Waals surface area contributed by atoms with E-state index >= 15 is 0 Å². The maximum atomic E-state index is 12.0. The van der Waals surface area contributed by atoms with Crippen LogP contribution >= 0.6 is 11.6 Å². The summed E-state index contributed by atoms with van der Waals surface area (Å²) >= 11 is 5.93. The van der Waals surface area contributed by atoms with Crippen molar-refractivity contribution in [2.45, 2.75) is 13.0 Å². The Balaban J connectivity index is 1.96. The fourth-order valence-electron chi connectivity index (χ4n) is 2.26. The highest BCUT2D eigenvalue weighted by Crippen LogP contribution is 2.29. The van der Waals surface area contributed by atoms with Crippen LogP contribution in [0.5, 0.6) is 0 Å². The molecule has 2 aromatic rings. The van der Waals surface area contributed by atoms with E-state index in [1.54, 1.807) is 12.1 Å². The zero-order chi connectivity index (χ0) is 14.1. The summed E-state index contributed by atoms with van der Waals surface area (Å²) in [5, 5.41) is 3.87. The number of carbonyl (C=O) groups is 1. The Morgan fingerprint density at radius 3 is 2.70 bits per heavy atom. The standard InChI is InChI=1S/C16H14ClNO2/c1-10-2-4-11(5-3-10)15-9-20-16(19)13-8-12(17)6-7-14(13)18-15/h2-8,15,18H,9H2,1H3. The minimum Gasteiger partial charge on any atom is -0.459 e. The van der Waals surface area contributed by atoms with Crippen molar-refractivity contribution in [1.29, 1.82) is 0 Å². The number of benzene rings is 2. The van der Waals surface area contributed by atoms with E-state index in [1.807, 2.05) is 37.3 Å². The van der Waals surface area contributed by atoms with Crippen LogP contribution in [0.25, 0.3) is 0 Å². The maximum Gasteiger partial charge on any atom is 0.340 e. The smallest absolute Gasteiger partial charge is 0.340 e. The number of halogens is 1. The fraction of sp³-hybridized carbons (Fsp3) is 0.188. The number of anilines is 1. The second-order valence-electron chi connectivity index (χ2n) is 4.90. The minimum atomic E-state index is -0.343. The molecule has 0 saturated heterocycles. The zero-order valence-corrected chi connectivity index (χ0v) is 11.8. The first-order valence-electron chi connectivity index (χ1n) is 6.43. The molecule has 0 spiro atoms. The Labute approximate surface area is 122 Å². The number of nitrogens with one attached hydrogen (secondary N) is 1. The van der Waals surface area contributed by atoms with E-state index in [-0.39, 0.29) is 12.0 Å². The summed E-state index contributed by atoms with van der Waals surface area (Å²) in [5.74, 6) is -0.343. The summed E-state index contributed by atoms with van der Waals surface area (Å²) < 4.78 is 5.32. The molecule has 0 fully saturated rings. The van der Waals surface area contributed by atoms with E-state index in [1.165, 1.54) is 5.56 Å². The second-order valence-corrected chi connectivity index (χ2v) is 5.33. The van der Waals surface area contributed by atoms with Gasteiger partial charge in [0.15, 0.2) is 0 Å². The molecule has 4 heteroatoms. The number of hydrogen-bond donors (Lipinski definition) is 1. The van der Waals surface area contributed by atoms with Gasteiger partial charge in [-0.3, -0.25) is 0 Å². The lowest BCUT2D eigenvalue weighted by Crippen LogP contribution is -2.15. The number of cyclic esters (lactones) is 1. The Morgan fingerprint density at radius 1 is 1.20 bits per heavy atom. The third-order valence-corrected chi connectivity index (χ3v) is 3.63. The summed E-state index contributed by atoms with van der Waals surface area (Å²) in [6.45, 7) is 2.34. The largest absolute Gasteiger partial charge is 0.459 e. The van der Waals surface area contributed by atoms with Gasteiger partial charge in [-0.25, -0.2) is 4.79 Å². The van der Waals surface area contributed by atoms with Gasteiger partial charge in [-0.2, -0.15) is 0 Å². The predicted molar refractivity (Wildman–Crippen MR) is 79.3 cm³/mol. The van der Waals surface area contributed by atoms with Gasteiger partial charge in [0.1, 0.15) is 6.61 Å². The Hall–Kier alpha value is -2.00. The molecule has 1 aliphatic heterocycles. The number of rotatable bonds is 1. The number of esters is 1. The molecule has 0 aliphatic carbocycles. The van der Waals surface area contributed by atoms with Crippen LogP contribution < -0.4 is 5.32 Å². The van der Waals surface area contributed by atoms with Gasteiger partial charge in [0.25, 0.3) is 0 Å². The minimum absolute atomic E-state index is 0.0537. The molecule has 0 bridgehead atoms. The number of carbonyl (C=O) groups excluding carboxylic acids is 1. The van der Waals surface area contributed by atoms with E-state index in [4.69, 9.17) is 16.3 Å². The molecule has 102 valence electrons. The van der Waals surface area contributed by atoms with Crippen LogP contribution in [0.1, 0.15) is 27.5 Å². The van der Waals surface area contributed by atoms with Crippen LogP contribution in [0, 0.1) is 6.92 Å².